The van der Waals surface area contributed by atoms with Crippen LogP contribution in [0.1, 0.15) is 18.4 Å². The Labute approximate surface area is 114 Å². The van der Waals surface area contributed by atoms with Crippen LogP contribution in [0, 0.1) is 0 Å². The summed E-state index contributed by atoms with van der Waals surface area (Å²) in [5.41, 5.74) is 2.84. The van der Waals surface area contributed by atoms with E-state index in [1.807, 2.05) is 12.1 Å². The SMILES string of the molecule is C[C@H](C(=O)O)c1ccc2oc(-c3ccncc3)nc2c1. The van der Waals surface area contributed by atoms with Crippen molar-refractivity contribution in [3.05, 3.63) is 48.3 Å². The normalized spacial score (nSPS) is 12.4. The van der Waals surface area contributed by atoms with Crippen LogP contribution < -0.4 is 0 Å². The third kappa shape index (κ3) is 2.14. The lowest BCUT2D eigenvalue weighted by molar-refractivity contribution is -0.138. The van der Waals surface area contributed by atoms with Crippen molar-refractivity contribution in [2.45, 2.75) is 12.8 Å². The molecule has 1 N–H and O–H groups in total. The summed E-state index contributed by atoms with van der Waals surface area (Å²) in [6.45, 7) is 1.65. The number of hydrogen-bond acceptors (Lipinski definition) is 4. The Morgan fingerprint density at radius 1 is 1.25 bits per heavy atom. The zero-order valence-electron chi connectivity index (χ0n) is 10.8. The summed E-state index contributed by atoms with van der Waals surface area (Å²) in [6.07, 6.45) is 3.34. The molecule has 0 aliphatic heterocycles. The molecule has 5 heteroatoms. The van der Waals surface area contributed by atoms with E-state index < -0.39 is 11.9 Å². The van der Waals surface area contributed by atoms with Gasteiger partial charge in [-0.25, -0.2) is 4.98 Å². The van der Waals surface area contributed by atoms with Gasteiger partial charge >= 0.3 is 5.97 Å². The first-order valence-corrected chi connectivity index (χ1v) is 6.19. The Hall–Kier alpha value is -2.69. The number of fused-ring (bicyclic) bond motifs is 1. The van der Waals surface area contributed by atoms with Crippen LogP contribution in [0.15, 0.2) is 47.1 Å². The van der Waals surface area contributed by atoms with E-state index in [1.54, 1.807) is 37.5 Å². The number of oxazole rings is 1. The summed E-state index contributed by atoms with van der Waals surface area (Å²) in [5, 5.41) is 9.04. The van der Waals surface area contributed by atoms with E-state index in [1.165, 1.54) is 0 Å². The molecule has 0 spiro atoms. The van der Waals surface area contributed by atoms with Crippen LogP contribution in [-0.2, 0) is 4.79 Å². The summed E-state index contributed by atoms with van der Waals surface area (Å²) in [4.78, 5) is 19.4. The molecule has 2 heterocycles. The molecule has 0 amide bonds. The lowest BCUT2D eigenvalue weighted by Gasteiger charge is -2.04. The minimum Gasteiger partial charge on any atom is -0.481 e. The van der Waals surface area contributed by atoms with Gasteiger partial charge in [-0.3, -0.25) is 9.78 Å². The second-order valence-electron chi connectivity index (χ2n) is 4.54. The second kappa shape index (κ2) is 4.77. The van der Waals surface area contributed by atoms with E-state index in [0.717, 1.165) is 5.56 Å². The maximum Gasteiger partial charge on any atom is 0.310 e. The smallest absolute Gasteiger partial charge is 0.310 e. The van der Waals surface area contributed by atoms with Gasteiger partial charge in [0.2, 0.25) is 5.89 Å². The van der Waals surface area contributed by atoms with Gasteiger partial charge in [-0.2, -0.15) is 0 Å². The highest BCUT2D eigenvalue weighted by Crippen LogP contribution is 2.26. The average molecular weight is 268 g/mol. The Morgan fingerprint density at radius 3 is 2.70 bits per heavy atom. The predicted molar refractivity (Wildman–Crippen MR) is 73.3 cm³/mol. The van der Waals surface area contributed by atoms with Gasteiger partial charge in [0.05, 0.1) is 5.92 Å². The van der Waals surface area contributed by atoms with Crippen molar-refractivity contribution in [2.75, 3.05) is 0 Å². The Morgan fingerprint density at radius 2 is 2.00 bits per heavy atom. The monoisotopic (exact) mass is 268 g/mol. The third-order valence-electron chi connectivity index (χ3n) is 3.21. The topological polar surface area (TPSA) is 76.2 Å². The Balaban J connectivity index is 2.06. The molecule has 0 bridgehead atoms. The standard InChI is InChI=1S/C15H12N2O3/c1-9(15(18)19)11-2-3-13-12(8-11)17-14(20-13)10-4-6-16-7-5-10/h2-9H,1H3,(H,18,19)/t9-/m0/s1. The molecule has 3 aromatic rings. The van der Waals surface area contributed by atoms with Crippen LogP contribution in [-0.4, -0.2) is 21.0 Å². The van der Waals surface area contributed by atoms with Crippen LogP contribution >= 0.6 is 0 Å². The number of carbonyl (C=O) groups is 1. The molecule has 1 atom stereocenters. The molecule has 0 radical (unpaired) electrons. The maximum absolute atomic E-state index is 11.0. The van der Waals surface area contributed by atoms with Crippen molar-refractivity contribution in [1.82, 2.24) is 9.97 Å². The number of pyridine rings is 1. The second-order valence-corrected chi connectivity index (χ2v) is 4.54. The molecule has 0 saturated carbocycles. The minimum atomic E-state index is -0.859. The molecular formula is C15H12N2O3. The summed E-state index contributed by atoms with van der Waals surface area (Å²) in [5.74, 6) is -0.926. The Bertz CT molecular complexity index is 765. The number of carboxylic acid groups (broad SMARTS) is 1. The first-order chi connectivity index (χ1) is 9.65. The molecule has 0 unspecified atom stereocenters. The van der Waals surface area contributed by atoms with Crippen molar-refractivity contribution in [3.63, 3.8) is 0 Å². The van der Waals surface area contributed by atoms with Gasteiger partial charge in [0.25, 0.3) is 0 Å². The third-order valence-corrected chi connectivity index (χ3v) is 3.21. The number of carboxylic acids is 1. The van der Waals surface area contributed by atoms with E-state index in [9.17, 15) is 4.79 Å². The van der Waals surface area contributed by atoms with E-state index in [-0.39, 0.29) is 0 Å². The summed E-state index contributed by atoms with van der Waals surface area (Å²) < 4.78 is 5.66. The van der Waals surface area contributed by atoms with E-state index in [4.69, 9.17) is 9.52 Å². The van der Waals surface area contributed by atoms with Crippen LogP contribution in [0.3, 0.4) is 0 Å². The van der Waals surface area contributed by atoms with E-state index >= 15 is 0 Å². The molecule has 0 aliphatic rings. The van der Waals surface area contributed by atoms with Crippen LogP contribution in [0.4, 0.5) is 0 Å². The number of benzene rings is 1. The number of nitrogens with zero attached hydrogens (tertiary/aromatic N) is 2. The van der Waals surface area contributed by atoms with Gasteiger partial charge in [0, 0.05) is 18.0 Å². The zero-order chi connectivity index (χ0) is 14.1. The largest absolute Gasteiger partial charge is 0.481 e. The number of aliphatic carboxylic acids is 1. The highest BCUT2D eigenvalue weighted by atomic mass is 16.4. The number of hydrogen-bond donors (Lipinski definition) is 1. The van der Waals surface area contributed by atoms with Crippen LogP contribution in [0.2, 0.25) is 0 Å². The fourth-order valence-electron chi connectivity index (χ4n) is 1.97. The minimum absolute atomic E-state index is 0.502. The summed E-state index contributed by atoms with van der Waals surface area (Å²) in [7, 11) is 0. The highest BCUT2D eigenvalue weighted by molar-refractivity contribution is 5.81. The molecule has 2 aromatic heterocycles. The van der Waals surface area contributed by atoms with Crippen LogP contribution in [0.25, 0.3) is 22.6 Å². The molecule has 1 aromatic carbocycles. The predicted octanol–water partition coefficient (Wildman–Crippen LogP) is 3.08. The van der Waals surface area contributed by atoms with E-state index in [2.05, 4.69) is 9.97 Å². The molecule has 3 rings (SSSR count). The zero-order valence-corrected chi connectivity index (χ0v) is 10.8. The van der Waals surface area contributed by atoms with Gasteiger partial charge in [-0.05, 0) is 36.8 Å². The summed E-state index contributed by atoms with van der Waals surface area (Å²) >= 11 is 0. The van der Waals surface area contributed by atoms with E-state index in [0.29, 0.717) is 22.6 Å². The molecule has 100 valence electrons. The van der Waals surface area contributed by atoms with Gasteiger partial charge in [-0.15, -0.1) is 0 Å². The van der Waals surface area contributed by atoms with Crippen molar-refractivity contribution in [3.8, 4) is 11.5 Å². The fourth-order valence-corrected chi connectivity index (χ4v) is 1.97. The first kappa shape index (κ1) is 12.3. The number of rotatable bonds is 3. The molecule has 20 heavy (non-hydrogen) atoms. The molecular weight excluding hydrogens is 256 g/mol. The molecule has 0 saturated heterocycles. The average Bonchev–Trinajstić information content (AvgIpc) is 2.90. The van der Waals surface area contributed by atoms with Crippen molar-refractivity contribution in [2.24, 2.45) is 0 Å². The van der Waals surface area contributed by atoms with Gasteiger partial charge in [-0.1, -0.05) is 6.07 Å². The summed E-state index contributed by atoms with van der Waals surface area (Å²) in [6, 6.07) is 8.88. The number of aromatic nitrogens is 2. The van der Waals surface area contributed by atoms with Gasteiger partial charge in [0.1, 0.15) is 5.52 Å². The molecule has 0 aliphatic carbocycles. The highest BCUT2D eigenvalue weighted by Gasteiger charge is 2.16. The quantitative estimate of drug-likeness (QED) is 0.790. The van der Waals surface area contributed by atoms with Crippen LogP contribution in [0.5, 0.6) is 0 Å². The van der Waals surface area contributed by atoms with Crippen molar-refractivity contribution >= 4 is 17.1 Å². The van der Waals surface area contributed by atoms with Crippen molar-refractivity contribution in [1.29, 1.82) is 0 Å². The molecule has 0 fully saturated rings. The molecule has 5 nitrogen and oxygen atoms in total. The fraction of sp³-hybridized carbons (Fsp3) is 0.133. The first-order valence-electron chi connectivity index (χ1n) is 6.19. The maximum atomic E-state index is 11.0. The lowest BCUT2D eigenvalue weighted by atomic mass is 10.0. The van der Waals surface area contributed by atoms with Gasteiger partial charge < -0.3 is 9.52 Å². The lowest BCUT2D eigenvalue weighted by Crippen LogP contribution is -2.06. The van der Waals surface area contributed by atoms with Crippen molar-refractivity contribution < 1.29 is 14.3 Å². The van der Waals surface area contributed by atoms with Gasteiger partial charge in [0.15, 0.2) is 5.58 Å². The Kier molecular flexibility index (Phi) is 2.95.